The van der Waals surface area contributed by atoms with Crippen molar-refractivity contribution in [1.29, 1.82) is 0 Å². The summed E-state index contributed by atoms with van der Waals surface area (Å²) in [6, 6.07) is 10.6. The van der Waals surface area contributed by atoms with Gasteiger partial charge >= 0.3 is 0 Å². The number of nitrogens with one attached hydrogen (secondary N) is 1. The zero-order chi connectivity index (χ0) is 13.4. The Balaban J connectivity index is 2.55. The average molecular weight is 251 g/mol. The Morgan fingerprint density at radius 1 is 1.22 bits per heavy atom. The Labute approximate surface area is 110 Å². The molecule has 2 N–H and O–H groups in total. The first-order valence-electron chi connectivity index (χ1n) is 6.57. The monoisotopic (exact) mass is 251 g/mol. The van der Waals surface area contributed by atoms with Gasteiger partial charge in [-0.15, -0.1) is 0 Å². The summed E-state index contributed by atoms with van der Waals surface area (Å²) in [5.74, 6) is 0.481. The van der Waals surface area contributed by atoms with E-state index in [0.29, 0.717) is 12.5 Å². The zero-order valence-corrected chi connectivity index (χ0v) is 11.6. The molecule has 3 nitrogen and oxygen atoms in total. The lowest BCUT2D eigenvalue weighted by molar-refractivity contribution is 0.129. The third kappa shape index (κ3) is 5.17. The van der Waals surface area contributed by atoms with E-state index in [1.807, 2.05) is 18.2 Å². The van der Waals surface area contributed by atoms with E-state index in [2.05, 4.69) is 31.3 Å². The van der Waals surface area contributed by atoms with Gasteiger partial charge in [0.05, 0.1) is 13.2 Å². The quantitative estimate of drug-likeness (QED) is 0.741. The zero-order valence-electron chi connectivity index (χ0n) is 11.6. The van der Waals surface area contributed by atoms with Crippen LogP contribution >= 0.6 is 0 Å². The molecule has 18 heavy (non-hydrogen) atoms. The molecule has 3 heteroatoms. The van der Waals surface area contributed by atoms with Crippen molar-refractivity contribution < 1.29 is 9.84 Å². The Morgan fingerprint density at radius 2 is 1.89 bits per heavy atom. The van der Waals surface area contributed by atoms with Gasteiger partial charge in [-0.2, -0.15) is 0 Å². The predicted molar refractivity (Wildman–Crippen MR) is 74.7 cm³/mol. The molecule has 2 atom stereocenters. The van der Waals surface area contributed by atoms with Crippen LogP contribution in [-0.2, 0) is 11.2 Å². The summed E-state index contributed by atoms with van der Waals surface area (Å²) in [5, 5.41) is 13.0. The van der Waals surface area contributed by atoms with Gasteiger partial charge in [0.25, 0.3) is 0 Å². The Bertz CT molecular complexity index is 314. The van der Waals surface area contributed by atoms with Crippen molar-refractivity contribution in [3.8, 4) is 0 Å². The van der Waals surface area contributed by atoms with E-state index < -0.39 is 0 Å². The second-order valence-corrected chi connectivity index (χ2v) is 5.04. The van der Waals surface area contributed by atoms with Crippen LogP contribution in [0, 0.1) is 5.92 Å². The molecule has 0 aromatic heterocycles. The van der Waals surface area contributed by atoms with Gasteiger partial charge in [-0.1, -0.05) is 44.2 Å². The minimum Gasteiger partial charge on any atom is -0.395 e. The summed E-state index contributed by atoms with van der Waals surface area (Å²) in [6.45, 7) is 5.13. The van der Waals surface area contributed by atoms with Gasteiger partial charge in [-0.05, 0) is 17.9 Å². The number of hydrogen-bond donors (Lipinski definition) is 2. The molecule has 0 aliphatic heterocycles. The van der Waals surface area contributed by atoms with E-state index in [1.165, 1.54) is 5.56 Å². The van der Waals surface area contributed by atoms with Crippen molar-refractivity contribution in [1.82, 2.24) is 5.32 Å². The highest BCUT2D eigenvalue weighted by atomic mass is 16.5. The topological polar surface area (TPSA) is 41.5 Å². The molecule has 102 valence electrons. The molecular weight excluding hydrogens is 226 g/mol. The van der Waals surface area contributed by atoms with Gasteiger partial charge in [0.2, 0.25) is 0 Å². The molecule has 0 fully saturated rings. The summed E-state index contributed by atoms with van der Waals surface area (Å²) in [7, 11) is 1.71. The number of methoxy groups -OCH3 is 1. The highest BCUT2D eigenvalue weighted by Crippen LogP contribution is 2.07. The maximum Gasteiger partial charge on any atom is 0.0618 e. The lowest BCUT2D eigenvalue weighted by Gasteiger charge is -2.27. The average Bonchev–Trinajstić information content (AvgIpc) is 2.38. The Hall–Kier alpha value is -0.900. The molecule has 0 spiro atoms. The highest BCUT2D eigenvalue weighted by Gasteiger charge is 2.18. The second-order valence-electron chi connectivity index (χ2n) is 5.04. The number of rotatable bonds is 8. The normalized spacial score (nSPS) is 14.7. The van der Waals surface area contributed by atoms with E-state index in [9.17, 15) is 5.11 Å². The number of aliphatic hydroxyl groups is 1. The molecule has 1 aromatic rings. The van der Waals surface area contributed by atoms with Crippen LogP contribution in [0.25, 0.3) is 0 Å². The molecule has 0 aliphatic rings. The molecule has 0 saturated heterocycles. The van der Waals surface area contributed by atoms with Crippen LogP contribution in [-0.4, -0.2) is 37.5 Å². The van der Waals surface area contributed by atoms with Crippen molar-refractivity contribution in [2.45, 2.75) is 32.4 Å². The SMILES string of the molecule is COCC(N[C@H](CO)Cc1ccccc1)C(C)C. The van der Waals surface area contributed by atoms with Crippen molar-refractivity contribution in [2.75, 3.05) is 20.3 Å². The van der Waals surface area contributed by atoms with Gasteiger partial charge in [0, 0.05) is 19.2 Å². The minimum absolute atomic E-state index is 0.0787. The molecular formula is C15H25NO2. The van der Waals surface area contributed by atoms with Crippen LogP contribution in [0.1, 0.15) is 19.4 Å². The summed E-state index contributed by atoms with van der Waals surface area (Å²) < 4.78 is 5.22. The third-order valence-corrected chi connectivity index (χ3v) is 3.15. The highest BCUT2D eigenvalue weighted by molar-refractivity contribution is 5.16. The standard InChI is InChI=1S/C15H25NO2/c1-12(2)15(11-18-3)16-14(10-17)9-13-7-5-4-6-8-13/h4-8,12,14-17H,9-11H2,1-3H3/t14-,15?/m0/s1. The fourth-order valence-electron chi connectivity index (χ4n) is 1.99. The van der Waals surface area contributed by atoms with Crippen LogP contribution in [0.2, 0.25) is 0 Å². The van der Waals surface area contributed by atoms with Gasteiger partial charge in [-0.25, -0.2) is 0 Å². The molecule has 0 amide bonds. The van der Waals surface area contributed by atoms with E-state index in [0.717, 1.165) is 6.42 Å². The molecule has 0 aliphatic carbocycles. The largest absolute Gasteiger partial charge is 0.395 e. The van der Waals surface area contributed by atoms with Gasteiger partial charge in [0.1, 0.15) is 0 Å². The van der Waals surface area contributed by atoms with Crippen molar-refractivity contribution in [3.63, 3.8) is 0 Å². The van der Waals surface area contributed by atoms with Gasteiger partial charge in [-0.3, -0.25) is 0 Å². The summed E-state index contributed by atoms with van der Waals surface area (Å²) in [5.41, 5.74) is 1.24. The molecule has 0 bridgehead atoms. The summed E-state index contributed by atoms with van der Waals surface area (Å²) >= 11 is 0. The van der Waals surface area contributed by atoms with E-state index in [1.54, 1.807) is 7.11 Å². The fraction of sp³-hybridized carbons (Fsp3) is 0.600. The minimum atomic E-state index is 0.0787. The Morgan fingerprint density at radius 3 is 2.39 bits per heavy atom. The van der Waals surface area contributed by atoms with Crippen LogP contribution < -0.4 is 5.32 Å². The molecule has 1 aromatic carbocycles. The first-order chi connectivity index (χ1) is 8.67. The van der Waals surface area contributed by atoms with Crippen LogP contribution in [0.5, 0.6) is 0 Å². The number of ether oxygens (including phenoxy) is 1. The van der Waals surface area contributed by atoms with Crippen molar-refractivity contribution in [3.05, 3.63) is 35.9 Å². The first-order valence-corrected chi connectivity index (χ1v) is 6.57. The predicted octanol–water partition coefficient (Wildman–Crippen LogP) is 1.85. The molecule has 0 heterocycles. The molecule has 0 radical (unpaired) electrons. The van der Waals surface area contributed by atoms with Crippen molar-refractivity contribution >= 4 is 0 Å². The maximum atomic E-state index is 9.48. The van der Waals surface area contributed by atoms with Gasteiger partial charge in [0.15, 0.2) is 0 Å². The van der Waals surface area contributed by atoms with Crippen LogP contribution in [0.3, 0.4) is 0 Å². The molecule has 0 saturated carbocycles. The van der Waals surface area contributed by atoms with Crippen LogP contribution in [0.15, 0.2) is 30.3 Å². The fourth-order valence-corrected chi connectivity index (χ4v) is 1.99. The summed E-state index contributed by atoms with van der Waals surface area (Å²) in [4.78, 5) is 0. The van der Waals surface area contributed by atoms with E-state index in [4.69, 9.17) is 4.74 Å². The smallest absolute Gasteiger partial charge is 0.0618 e. The second kappa shape index (κ2) is 8.25. The first kappa shape index (κ1) is 15.2. The Kier molecular flexibility index (Phi) is 6.94. The number of aliphatic hydroxyl groups excluding tert-OH is 1. The maximum absolute atomic E-state index is 9.48. The van der Waals surface area contributed by atoms with Crippen molar-refractivity contribution in [2.24, 2.45) is 5.92 Å². The lowest BCUT2D eigenvalue weighted by atomic mass is 10.0. The van der Waals surface area contributed by atoms with E-state index >= 15 is 0 Å². The molecule has 1 unspecified atom stereocenters. The lowest BCUT2D eigenvalue weighted by Crippen LogP contribution is -2.46. The van der Waals surface area contributed by atoms with Gasteiger partial charge < -0.3 is 15.2 Å². The van der Waals surface area contributed by atoms with Crippen LogP contribution in [0.4, 0.5) is 0 Å². The number of hydrogen-bond acceptors (Lipinski definition) is 3. The summed E-state index contributed by atoms with van der Waals surface area (Å²) in [6.07, 6.45) is 0.838. The molecule has 1 rings (SSSR count). The third-order valence-electron chi connectivity index (χ3n) is 3.15. The number of benzene rings is 1. The van der Waals surface area contributed by atoms with E-state index in [-0.39, 0.29) is 18.7 Å².